The number of nitrogens with two attached hydrogens (primary N) is 2. The molecule has 2 rings (SSSR count). The summed E-state index contributed by atoms with van der Waals surface area (Å²) in [6.07, 6.45) is 0.589. The van der Waals surface area contributed by atoms with Crippen molar-refractivity contribution in [2.24, 2.45) is 11.5 Å². The Bertz CT molecular complexity index is 707. The summed E-state index contributed by atoms with van der Waals surface area (Å²) in [4.78, 5) is 10.8. The van der Waals surface area contributed by atoms with Gasteiger partial charge in [-0.2, -0.15) is 0 Å². The highest BCUT2D eigenvalue weighted by atomic mass is 35.5. The first-order valence-electron chi connectivity index (χ1n) is 7.00. The van der Waals surface area contributed by atoms with Gasteiger partial charge < -0.3 is 21.5 Å². The van der Waals surface area contributed by atoms with E-state index in [1.54, 1.807) is 36.4 Å². The maximum Gasteiger partial charge on any atom is 0.316 e. The summed E-state index contributed by atoms with van der Waals surface area (Å²) in [5, 5.41) is 2.56. The van der Waals surface area contributed by atoms with Gasteiger partial charge in [0.2, 0.25) is 0 Å². The smallest absolute Gasteiger partial charge is 0.316 e. The van der Waals surface area contributed by atoms with Crippen LogP contribution in [0.5, 0.6) is 11.5 Å². The van der Waals surface area contributed by atoms with Gasteiger partial charge in [-0.05, 0) is 36.8 Å². The minimum atomic E-state index is -0.672. The van der Waals surface area contributed by atoms with Crippen molar-refractivity contribution in [1.29, 1.82) is 0 Å². The van der Waals surface area contributed by atoms with Crippen LogP contribution in [0.15, 0.2) is 36.4 Å². The van der Waals surface area contributed by atoms with Gasteiger partial charge in [-0.15, -0.1) is 0 Å². The fourth-order valence-corrected chi connectivity index (χ4v) is 2.20. The zero-order chi connectivity index (χ0) is 17.0. The van der Waals surface area contributed by atoms with Crippen molar-refractivity contribution in [2.75, 3.05) is 5.32 Å². The van der Waals surface area contributed by atoms with Crippen molar-refractivity contribution in [3.05, 3.63) is 52.8 Å². The molecule has 0 aromatic heterocycles. The number of rotatable bonds is 5. The number of primary amides is 1. The van der Waals surface area contributed by atoms with Crippen molar-refractivity contribution in [3.8, 4) is 11.5 Å². The van der Waals surface area contributed by atoms with Crippen LogP contribution in [0.2, 0.25) is 5.02 Å². The molecule has 0 aliphatic carbocycles. The number of halogens is 2. The largest absolute Gasteiger partial charge is 0.453 e. The van der Waals surface area contributed by atoms with E-state index in [9.17, 15) is 9.18 Å². The van der Waals surface area contributed by atoms with Gasteiger partial charge in [0, 0.05) is 17.3 Å². The van der Waals surface area contributed by atoms with Gasteiger partial charge in [-0.1, -0.05) is 24.6 Å². The number of anilines is 1. The molecule has 23 heavy (non-hydrogen) atoms. The Balaban J connectivity index is 2.27. The van der Waals surface area contributed by atoms with Crippen molar-refractivity contribution in [1.82, 2.24) is 0 Å². The van der Waals surface area contributed by atoms with Gasteiger partial charge in [-0.25, -0.2) is 9.18 Å². The minimum absolute atomic E-state index is 0.0799. The summed E-state index contributed by atoms with van der Waals surface area (Å²) >= 11 is 6.02. The van der Waals surface area contributed by atoms with Gasteiger partial charge in [0.05, 0.1) is 5.02 Å². The number of amides is 2. The molecule has 0 aliphatic heterocycles. The summed E-state index contributed by atoms with van der Waals surface area (Å²) < 4.78 is 20.1. The van der Waals surface area contributed by atoms with Crippen LogP contribution in [0.1, 0.15) is 24.9 Å². The lowest BCUT2D eigenvalue weighted by molar-refractivity contribution is 0.259. The van der Waals surface area contributed by atoms with Crippen molar-refractivity contribution < 1.29 is 13.9 Å². The standard InChI is InChI=1S/C16H17ClFN3O2/c1-2-13(19)11-7-8-12(17)15(14(11)18)23-10-5-3-9(4-6-10)21-16(20)22/h3-8,13H,2,19H2,1H3,(H3,20,21,22)/t13-/m1/s1. The normalized spacial score (nSPS) is 11.8. The van der Waals surface area contributed by atoms with Crippen LogP contribution in [0, 0.1) is 5.82 Å². The van der Waals surface area contributed by atoms with Crippen LogP contribution in [0.4, 0.5) is 14.9 Å². The van der Waals surface area contributed by atoms with Crippen LogP contribution < -0.4 is 21.5 Å². The molecule has 7 heteroatoms. The van der Waals surface area contributed by atoms with Gasteiger partial charge in [0.15, 0.2) is 11.6 Å². The summed E-state index contributed by atoms with van der Waals surface area (Å²) in [6.45, 7) is 1.86. The van der Waals surface area contributed by atoms with Crippen LogP contribution in [-0.4, -0.2) is 6.03 Å². The quantitative estimate of drug-likeness (QED) is 0.764. The highest BCUT2D eigenvalue weighted by Gasteiger charge is 2.18. The van der Waals surface area contributed by atoms with Gasteiger partial charge >= 0.3 is 6.03 Å². The van der Waals surface area contributed by atoms with Crippen molar-refractivity contribution in [2.45, 2.75) is 19.4 Å². The van der Waals surface area contributed by atoms with E-state index >= 15 is 0 Å². The Hall–Kier alpha value is -2.31. The lowest BCUT2D eigenvalue weighted by atomic mass is 10.0. The fourth-order valence-electron chi connectivity index (χ4n) is 2.01. The summed E-state index contributed by atoms with van der Waals surface area (Å²) in [5.41, 5.74) is 11.8. The van der Waals surface area contributed by atoms with Crippen LogP contribution in [0.3, 0.4) is 0 Å². The Morgan fingerprint density at radius 2 is 1.96 bits per heavy atom. The molecule has 122 valence electrons. The molecule has 0 fully saturated rings. The molecule has 0 saturated heterocycles. The minimum Gasteiger partial charge on any atom is -0.453 e. The molecule has 2 aromatic rings. The average Bonchev–Trinajstić information content (AvgIpc) is 2.52. The zero-order valence-corrected chi connectivity index (χ0v) is 13.2. The third-order valence-electron chi connectivity index (χ3n) is 3.26. The molecular formula is C16H17ClFN3O2. The number of benzene rings is 2. The second-order valence-corrected chi connectivity index (χ2v) is 5.32. The van der Waals surface area contributed by atoms with Crippen LogP contribution >= 0.6 is 11.6 Å². The third kappa shape index (κ3) is 4.12. The molecule has 5 nitrogen and oxygen atoms in total. The van der Waals surface area contributed by atoms with Crippen molar-refractivity contribution in [3.63, 3.8) is 0 Å². The summed E-state index contributed by atoms with van der Waals surface area (Å²) in [5.74, 6) is -0.294. The number of carbonyl (C=O) groups is 1. The monoisotopic (exact) mass is 337 g/mol. The molecule has 0 bridgehead atoms. The molecule has 0 unspecified atom stereocenters. The molecule has 0 radical (unpaired) electrons. The number of carbonyl (C=O) groups excluding carboxylic acids is 1. The van der Waals surface area contributed by atoms with E-state index in [2.05, 4.69) is 5.32 Å². The lowest BCUT2D eigenvalue weighted by Crippen LogP contribution is -2.19. The second-order valence-electron chi connectivity index (χ2n) is 4.91. The highest BCUT2D eigenvalue weighted by molar-refractivity contribution is 6.32. The number of hydrogen-bond donors (Lipinski definition) is 3. The molecule has 5 N–H and O–H groups in total. The van der Waals surface area contributed by atoms with Gasteiger partial charge in [-0.3, -0.25) is 0 Å². The summed E-state index contributed by atoms with van der Waals surface area (Å²) in [6, 6.07) is 8.28. The average molecular weight is 338 g/mol. The fraction of sp³-hybridized carbons (Fsp3) is 0.188. The maximum absolute atomic E-state index is 14.5. The first-order chi connectivity index (χ1) is 10.9. The van der Waals surface area contributed by atoms with Gasteiger partial charge in [0.1, 0.15) is 5.75 Å². The number of ether oxygens (including phenoxy) is 1. The molecule has 1 atom stereocenters. The van der Waals surface area contributed by atoms with E-state index in [0.29, 0.717) is 23.4 Å². The van der Waals surface area contributed by atoms with Crippen LogP contribution in [-0.2, 0) is 0 Å². The van der Waals surface area contributed by atoms with Crippen LogP contribution in [0.25, 0.3) is 0 Å². The predicted octanol–water partition coefficient (Wildman–Crippen LogP) is 4.17. The molecule has 2 aromatic carbocycles. The van der Waals surface area contributed by atoms with Crippen molar-refractivity contribution >= 4 is 23.3 Å². The molecule has 0 spiro atoms. The molecule has 0 saturated carbocycles. The topological polar surface area (TPSA) is 90.4 Å². The van der Waals surface area contributed by atoms with Gasteiger partial charge in [0.25, 0.3) is 0 Å². The number of urea groups is 1. The summed E-state index contributed by atoms with van der Waals surface area (Å²) in [7, 11) is 0. The number of nitrogens with one attached hydrogen (secondary N) is 1. The predicted molar refractivity (Wildman–Crippen MR) is 88.4 cm³/mol. The highest BCUT2D eigenvalue weighted by Crippen LogP contribution is 2.36. The molecular weight excluding hydrogens is 321 g/mol. The Morgan fingerprint density at radius 1 is 1.30 bits per heavy atom. The van der Waals surface area contributed by atoms with E-state index in [1.807, 2.05) is 6.92 Å². The molecule has 0 aliphatic rings. The molecule has 2 amide bonds. The Kier molecular flexibility index (Phi) is 5.41. The first-order valence-corrected chi connectivity index (χ1v) is 7.38. The zero-order valence-electron chi connectivity index (χ0n) is 12.5. The SMILES string of the molecule is CC[C@@H](N)c1ccc(Cl)c(Oc2ccc(NC(N)=O)cc2)c1F. The van der Waals surface area contributed by atoms with E-state index in [1.165, 1.54) is 0 Å². The Labute approximate surface area is 138 Å². The lowest BCUT2D eigenvalue weighted by Gasteiger charge is -2.15. The molecule has 0 heterocycles. The first kappa shape index (κ1) is 17.1. The maximum atomic E-state index is 14.5. The van der Waals surface area contributed by atoms with E-state index in [-0.39, 0.29) is 10.8 Å². The Morgan fingerprint density at radius 3 is 2.52 bits per heavy atom. The van der Waals surface area contributed by atoms with E-state index in [4.69, 9.17) is 27.8 Å². The third-order valence-corrected chi connectivity index (χ3v) is 3.56. The van der Waals surface area contributed by atoms with E-state index < -0.39 is 17.9 Å². The van der Waals surface area contributed by atoms with E-state index in [0.717, 1.165) is 0 Å². The second kappa shape index (κ2) is 7.30. The number of hydrogen-bond acceptors (Lipinski definition) is 3.